The van der Waals surface area contributed by atoms with E-state index in [9.17, 15) is 4.79 Å². The van der Waals surface area contributed by atoms with Crippen molar-refractivity contribution >= 4 is 28.7 Å². The van der Waals surface area contributed by atoms with Gasteiger partial charge in [-0.1, -0.05) is 12.1 Å². The third kappa shape index (κ3) is 2.51. The number of thiophene rings is 1. The normalized spacial score (nSPS) is 10.2. The number of para-hydroxylation sites is 1. The van der Waals surface area contributed by atoms with Gasteiger partial charge in [-0.2, -0.15) is 0 Å². The average Bonchev–Trinajstić information content (AvgIpc) is 2.87. The van der Waals surface area contributed by atoms with Gasteiger partial charge in [0.05, 0.1) is 17.9 Å². The molecule has 0 N–H and O–H groups in total. The Morgan fingerprint density at radius 1 is 1.29 bits per heavy atom. The van der Waals surface area contributed by atoms with Gasteiger partial charge < -0.3 is 4.74 Å². The zero-order valence-corrected chi connectivity index (χ0v) is 10.8. The molecule has 0 amide bonds. The lowest BCUT2D eigenvalue weighted by Gasteiger charge is -2.05. The Bertz CT molecular complexity index is 534. The highest BCUT2D eigenvalue weighted by Gasteiger charge is 2.11. The molecule has 1 heterocycles. The van der Waals surface area contributed by atoms with Gasteiger partial charge in [-0.25, -0.2) is 0 Å². The summed E-state index contributed by atoms with van der Waals surface area (Å²) < 4.78 is 5.29. The fourth-order valence-electron chi connectivity index (χ4n) is 1.55. The first kappa shape index (κ1) is 12.1. The Morgan fingerprint density at radius 3 is 2.76 bits per heavy atom. The highest BCUT2D eigenvalue weighted by molar-refractivity contribution is 7.17. The third-order valence-electron chi connectivity index (χ3n) is 2.37. The maximum atomic E-state index is 11.5. The molecule has 1 aromatic carbocycles. The molecule has 0 aliphatic rings. The molecule has 0 fully saturated rings. The van der Waals surface area contributed by atoms with Crippen LogP contribution in [0.5, 0.6) is 5.75 Å². The van der Waals surface area contributed by atoms with Gasteiger partial charge in [-0.05, 0) is 24.3 Å². The van der Waals surface area contributed by atoms with E-state index in [1.54, 1.807) is 13.2 Å². The van der Waals surface area contributed by atoms with E-state index in [0.29, 0.717) is 4.88 Å². The number of benzene rings is 1. The van der Waals surface area contributed by atoms with E-state index in [4.69, 9.17) is 16.3 Å². The predicted molar refractivity (Wildman–Crippen MR) is 71.4 cm³/mol. The largest absolute Gasteiger partial charge is 0.496 e. The van der Waals surface area contributed by atoms with Crippen LogP contribution in [0, 0.1) is 0 Å². The number of carbonyl (C=O) groups is 1. The number of ether oxygens (including phenoxy) is 1. The minimum Gasteiger partial charge on any atom is -0.496 e. The van der Waals surface area contributed by atoms with Crippen LogP contribution < -0.4 is 4.74 Å². The van der Waals surface area contributed by atoms with E-state index in [-0.39, 0.29) is 11.7 Å². The Hall–Kier alpha value is -1.32. The summed E-state index contributed by atoms with van der Waals surface area (Å²) in [4.78, 5) is 13.2. The number of methoxy groups -OCH3 is 1. The molecular weight excluding hydrogens is 256 g/mol. The lowest BCUT2D eigenvalue weighted by atomic mass is 10.1. The van der Waals surface area contributed by atoms with E-state index in [1.807, 2.05) is 30.3 Å². The van der Waals surface area contributed by atoms with Crippen LogP contribution in [0.1, 0.15) is 9.67 Å². The highest BCUT2D eigenvalue weighted by atomic mass is 35.5. The van der Waals surface area contributed by atoms with Crippen LogP contribution in [0.4, 0.5) is 0 Å². The Balaban J connectivity index is 2.40. The van der Waals surface area contributed by atoms with Gasteiger partial charge in [0, 0.05) is 10.4 Å². The summed E-state index contributed by atoms with van der Waals surface area (Å²) in [5.74, 6) is 0.781. The van der Waals surface area contributed by atoms with Crippen LogP contribution in [0.3, 0.4) is 0 Å². The standard InChI is InChI=1S/C13H11ClO2S/c1-16-11-5-3-2-4-9(11)12-6-7-13(17-12)10(15)8-14/h2-7H,8H2,1H3. The van der Waals surface area contributed by atoms with E-state index in [2.05, 4.69) is 0 Å². The molecule has 4 heteroatoms. The molecule has 0 saturated carbocycles. The van der Waals surface area contributed by atoms with Crippen LogP contribution in [0.15, 0.2) is 36.4 Å². The molecule has 0 unspecified atom stereocenters. The van der Waals surface area contributed by atoms with Crippen LogP contribution in [0.2, 0.25) is 0 Å². The van der Waals surface area contributed by atoms with Crippen LogP contribution >= 0.6 is 22.9 Å². The maximum absolute atomic E-state index is 11.5. The predicted octanol–water partition coefficient (Wildman–Crippen LogP) is 3.85. The summed E-state index contributed by atoms with van der Waals surface area (Å²) in [6, 6.07) is 11.5. The molecule has 0 bridgehead atoms. The summed E-state index contributed by atoms with van der Waals surface area (Å²) in [7, 11) is 1.64. The molecule has 1 aromatic heterocycles. The molecule has 0 spiro atoms. The zero-order valence-electron chi connectivity index (χ0n) is 9.27. The number of hydrogen-bond donors (Lipinski definition) is 0. The molecule has 2 aromatic rings. The van der Waals surface area contributed by atoms with Gasteiger partial charge in [-0.3, -0.25) is 4.79 Å². The van der Waals surface area contributed by atoms with Crippen molar-refractivity contribution in [3.63, 3.8) is 0 Å². The van der Waals surface area contributed by atoms with Gasteiger partial charge in [0.2, 0.25) is 0 Å². The topological polar surface area (TPSA) is 26.3 Å². The zero-order chi connectivity index (χ0) is 12.3. The SMILES string of the molecule is COc1ccccc1-c1ccc(C(=O)CCl)s1. The minimum atomic E-state index is -0.0437. The van der Waals surface area contributed by atoms with Crippen molar-refractivity contribution in [1.29, 1.82) is 0 Å². The molecule has 88 valence electrons. The van der Waals surface area contributed by atoms with Crippen molar-refractivity contribution in [3.8, 4) is 16.2 Å². The Morgan fingerprint density at radius 2 is 2.06 bits per heavy atom. The summed E-state index contributed by atoms with van der Waals surface area (Å²) in [6.45, 7) is 0. The first-order chi connectivity index (χ1) is 8.26. The van der Waals surface area contributed by atoms with Crippen LogP contribution in [-0.2, 0) is 0 Å². The van der Waals surface area contributed by atoms with Crippen molar-refractivity contribution in [1.82, 2.24) is 0 Å². The summed E-state index contributed by atoms with van der Waals surface area (Å²) in [6.07, 6.45) is 0. The Kier molecular flexibility index (Phi) is 3.82. The van der Waals surface area contributed by atoms with Gasteiger partial charge in [0.25, 0.3) is 0 Å². The fourth-order valence-corrected chi connectivity index (χ4v) is 2.74. The van der Waals surface area contributed by atoms with Crippen LogP contribution in [0.25, 0.3) is 10.4 Å². The number of rotatable bonds is 4. The number of hydrogen-bond acceptors (Lipinski definition) is 3. The number of carbonyl (C=O) groups excluding carboxylic acids is 1. The van der Waals surface area contributed by atoms with Crippen molar-refractivity contribution in [2.24, 2.45) is 0 Å². The fraction of sp³-hybridized carbons (Fsp3) is 0.154. The van der Waals surface area contributed by atoms with Crippen molar-refractivity contribution in [2.75, 3.05) is 13.0 Å². The average molecular weight is 267 g/mol. The molecule has 0 atom stereocenters. The maximum Gasteiger partial charge on any atom is 0.187 e. The number of alkyl halides is 1. The van der Waals surface area contributed by atoms with Gasteiger partial charge in [0.15, 0.2) is 5.78 Å². The molecule has 2 rings (SSSR count). The third-order valence-corrected chi connectivity index (χ3v) is 3.78. The lowest BCUT2D eigenvalue weighted by molar-refractivity contribution is 0.102. The van der Waals surface area contributed by atoms with Gasteiger partial charge in [-0.15, -0.1) is 22.9 Å². The summed E-state index contributed by atoms with van der Waals surface area (Å²) >= 11 is 6.97. The van der Waals surface area contributed by atoms with E-state index in [1.165, 1.54) is 11.3 Å². The highest BCUT2D eigenvalue weighted by Crippen LogP contribution is 2.34. The monoisotopic (exact) mass is 266 g/mol. The molecule has 0 aliphatic heterocycles. The second-order valence-corrected chi connectivity index (χ2v) is 4.77. The quantitative estimate of drug-likeness (QED) is 0.621. The van der Waals surface area contributed by atoms with Crippen LogP contribution in [-0.4, -0.2) is 18.8 Å². The smallest absolute Gasteiger partial charge is 0.187 e. The number of halogens is 1. The molecule has 2 nitrogen and oxygen atoms in total. The van der Waals surface area contributed by atoms with Gasteiger partial charge >= 0.3 is 0 Å². The first-order valence-electron chi connectivity index (χ1n) is 5.08. The lowest BCUT2D eigenvalue weighted by Crippen LogP contribution is -1.95. The number of ketones is 1. The van der Waals surface area contributed by atoms with E-state index in [0.717, 1.165) is 16.2 Å². The van der Waals surface area contributed by atoms with Crippen molar-refractivity contribution in [2.45, 2.75) is 0 Å². The summed E-state index contributed by atoms with van der Waals surface area (Å²) in [5.41, 5.74) is 0.994. The molecule has 0 aliphatic carbocycles. The van der Waals surface area contributed by atoms with E-state index >= 15 is 0 Å². The molecule has 0 saturated heterocycles. The second kappa shape index (κ2) is 5.34. The number of Topliss-reactive ketones (excluding diaryl/α,β-unsaturated/α-hetero) is 1. The Labute approximate surface area is 109 Å². The van der Waals surface area contributed by atoms with Gasteiger partial charge in [0.1, 0.15) is 5.75 Å². The van der Waals surface area contributed by atoms with E-state index < -0.39 is 0 Å². The molecule has 0 radical (unpaired) electrons. The van der Waals surface area contributed by atoms with Crippen molar-refractivity contribution < 1.29 is 9.53 Å². The second-order valence-electron chi connectivity index (χ2n) is 3.42. The molecular formula is C13H11ClO2S. The van der Waals surface area contributed by atoms with Crippen molar-refractivity contribution in [3.05, 3.63) is 41.3 Å². The summed E-state index contributed by atoms with van der Waals surface area (Å²) in [5, 5.41) is 0. The molecule has 17 heavy (non-hydrogen) atoms. The minimum absolute atomic E-state index is 0.0197. The first-order valence-corrected chi connectivity index (χ1v) is 6.43.